The zero-order valence-electron chi connectivity index (χ0n) is 20.7. The van der Waals surface area contributed by atoms with E-state index in [0.29, 0.717) is 17.4 Å². The van der Waals surface area contributed by atoms with Crippen LogP contribution in [0.1, 0.15) is 110 Å². The average Bonchev–Trinajstić information content (AvgIpc) is 2.64. The van der Waals surface area contributed by atoms with E-state index in [1.54, 1.807) is 0 Å². The first-order chi connectivity index (χ1) is 14.6. The Balaban J connectivity index is 3.66. The third kappa shape index (κ3) is 21.9. The van der Waals surface area contributed by atoms with Crippen LogP contribution in [-0.4, -0.2) is 61.4 Å². The first kappa shape index (κ1) is 29.9. The average molecular weight is 444 g/mol. The van der Waals surface area contributed by atoms with Gasteiger partial charge in [0.25, 0.3) is 0 Å². The van der Waals surface area contributed by atoms with Crippen LogP contribution in [0.25, 0.3) is 0 Å². The summed E-state index contributed by atoms with van der Waals surface area (Å²) < 4.78 is 5.90. The Hall–Kier alpha value is -1.14. The third-order valence-corrected chi connectivity index (χ3v) is 5.50. The first-order valence-corrected chi connectivity index (χ1v) is 12.5. The molecule has 2 atom stereocenters. The van der Waals surface area contributed by atoms with E-state index < -0.39 is 12.1 Å². The van der Waals surface area contributed by atoms with Crippen LogP contribution in [0.3, 0.4) is 0 Å². The SMILES string of the molecule is CCCCCCCC(O)CCCCCCCCCC(=O)OC(CC(=O)[O-])C[N+](C)(C)C. The molecule has 6 nitrogen and oxygen atoms in total. The largest absolute Gasteiger partial charge is 0.550 e. The number of aliphatic carboxylic acids is 1. The predicted molar refractivity (Wildman–Crippen MR) is 123 cm³/mol. The Kier molecular flexibility index (Phi) is 17.8. The molecule has 0 rings (SSSR count). The van der Waals surface area contributed by atoms with Gasteiger partial charge in [0.1, 0.15) is 6.54 Å². The Morgan fingerprint density at radius 1 is 0.839 bits per heavy atom. The van der Waals surface area contributed by atoms with Crippen LogP contribution in [-0.2, 0) is 14.3 Å². The molecule has 0 heterocycles. The van der Waals surface area contributed by atoms with Crippen molar-refractivity contribution in [2.75, 3.05) is 27.7 Å². The monoisotopic (exact) mass is 443 g/mol. The van der Waals surface area contributed by atoms with Crippen molar-refractivity contribution in [2.24, 2.45) is 0 Å². The Labute approximate surface area is 190 Å². The van der Waals surface area contributed by atoms with Crippen molar-refractivity contribution in [1.82, 2.24) is 0 Å². The topological polar surface area (TPSA) is 86.7 Å². The molecule has 0 fully saturated rings. The summed E-state index contributed by atoms with van der Waals surface area (Å²) in [5, 5.41) is 20.9. The number of carbonyl (C=O) groups excluding carboxylic acids is 2. The molecule has 0 amide bonds. The lowest BCUT2D eigenvalue weighted by Gasteiger charge is -2.29. The smallest absolute Gasteiger partial charge is 0.306 e. The normalized spacial score (nSPS) is 13.7. The number of carbonyl (C=O) groups is 2. The predicted octanol–water partition coefficient (Wildman–Crippen LogP) is 3.98. The quantitative estimate of drug-likeness (QED) is 0.165. The molecule has 0 bridgehead atoms. The molecule has 0 aromatic carbocycles. The minimum absolute atomic E-state index is 0.134. The number of aliphatic hydroxyl groups excluding tert-OH is 1. The van der Waals surface area contributed by atoms with Crippen LogP contribution >= 0.6 is 0 Å². The van der Waals surface area contributed by atoms with Gasteiger partial charge in [0.15, 0.2) is 6.10 Å². The zero-order valence-corrected chi connectivity index (χ0v) is 20.7. The third-order valence-electron chi connectivity index (χ3n) is 5.50. The van der Waals surface area contributed by atoms with Crippen molar-refractivity contribution < 1.29 is 29.0 Å². The fourth-order valence-corrected chi connectivity index (χ4v) is 3.85. The molecule has 0 saturated carbocycles. The maximum Gasteiger partial charge on any atom is 0.306 e. The highest BCUT2D eigenvalue weighted by molar-refractivity contribution is 5.70. The molecule has 184 valence electrons. The van der Waals surface area contributed by atoms with Crippen LogP contribution in [0.15, 0.2) is 0 Å². The van der Waals surface area contributed by atoms with Gasteiger partial charge in [0, 0.05) is 18.8 Å². The number of esters is 1. The van der Waals surface area contributed by atoms with E-state index >= 15 is 0 Å². The summed E-state index contributed by atoms with van der Waals surface area (Å²) in [5.41, 5.74) is 0. The first-order valence-electron chi connectivity index (χ1n) is 12.5. The van der Waals surface area contributed by atoms with Crippen molar-refractivity contribution in [3.8, 4) is 0 Å². The van der Waals surface area contributed by atoms with Gasteiger partial charge in [0.2, 0.25) is 0 Å². The van der Waals surface area contributed by atoms with Crippen molar-refractivity contribution in [1.29, 1.82) is 0 Å². The molecule has 0 aromatic rings. The number of unbranched alkanes of at least 4 members (excludes halogenated alkanes) is 10. The summed E-state index contributed by atoms with van der Waals surface area (Å²) in [7, 11) is 5.81. The summed E-state index contributed by atoms with van der Waals surface area (Å²) >= 11 is 0. The number of hydrogen-bond acceptors (Lipinski definition) is 5. The van der Waals surface area contributed by atoms with Crippen LogP contribution in [0.2, 0.25) is 0 Å². The molecule has 1 N–H and O–H groups in total. The zero-order chi connectivity index (χ0) is 23.5. The summed E-state index contributed by atoms with van der Waals surface area (Å²) in [4.78, 5) is 22.9. The highest BCUT2D eigenvalue weighted by atomic mass is 16.5. The van der Waals surface area contributed by atoms with Crippen LogP contribution in [0, 0.1) is 0 Å². The number of carboxylic acids is 1. The second kappa shape index (κ2) is 18.4. The van der Waals surface area contributed by atoms with Gasteiger partial charge < -0.3 is 24.2 Å². The number of carboxylic acid groups (broad SMARTS) is 1. The molecular weight excluding hydrogens is 394 g/mol. The van der Waals surface area contributed by atoms with Crippen molar-refractivity contribution in [3.63, 3.8) is 0 Å². The molecule has 0 spiro atoms. The van der Waals surface area contributed by atoms with Crippen molar-refractivity contribution >= 4 is 11.9 Å². The van der Waals surface area contributed by atoms with Gasteiger partial charge in [-0.1, -0.05) is 77.6 Å². The van der Waals surface area contributed by atoms with E-state index in [-0.39, 0.29) is 18.5 Å². The molecule has 0 aliphatic heterocycles. The molecular formula is C25H49NO5. The molecule has 0 aromatic heterocycles. The van der Waals surface area contributed by atoms with Crippen LogP contribution in [0.4, 0.5) is 0 Å². The van der Waals surface area contributed by atoms with E-state index in [1.165, 1.54) is 32.1 Å². The lowest BCUT2D eigenvalue weighted by atomic mass is 10.0. The second-order valence-corrected chi connectivity index (χ2v) is 10.0. The Morgan fingerprint density at radius 3 is 1.81 bits per heavy atom. The van der Waals surface area contributed by atoms with Gasteiger partial charge >= 0.3 is 5.97 Å². The summed E-state index contributed by atoms with van der Waals surface area (Å²) in [6.45, 7) is 2.67. The number of rotatable bonds is 21. The second-order valence-electron chi connectivity index (χ2n) is 10.0. The van der Waals surface area contributed by atoms with E-state index in [4.69, 9.17) is 4.74 Å². The van der Waals surface area contributed by atoms with Crippen molar-refractivity contribution in [3.05, 3.63) is 0 Å². The lowest BCUT2D eigenvalue weighted by molar-refractivity contribution is -0.873. The highest BCUT2D eigenvalue weighted by Gasteiger charge is 2.22. The number of hydrogen-bond donors (Lipinski definition) is 1. The summed E-state index contributed by atoms with van der Waals surface area (Å²) in [6, 6.07) is 0. The summed E-state index contributed by atoms with van der Waals surface area (Å²) in [6.07, 6.45) is 14.8. The maximum atomic E-state index is 12.0. The number of quaternary nitrogens is 1. The summed E-state index contributed by atoms with van der Waals surface area (Å²) in [5.74, 6) is -1.51. The minimum Gasteiger partial charge on any atom is -0.550 e. The Bertz CT molecular complexity index is 461. The van der Waals surface area contributed by atoms with Crippen LogP contribution < -0.4 is 5.11 Å². The van der Waals surface area contributed by atoms with E-state index in [1.807, 2.05) is 21.1 Å². The fraction of sp³-hybridized carbons (Fsp3) is 0.920. The van der Waals surface area contributed by atoms with Gasteiger partial charge in [-0.2, -0.15) is 0 Å². The van der Waals surface area contributed by atoms with Crippen LogP contribution in [0.5, 0.6) is 0 Å². The number of likely N-dealkylation sites (N-methyl/N-ethyl adjacent to an activating group) is 1. The molecule has 0 aliphatic carbocycles. The van der Waals surface area contributed by atoms with E-state index in [2.05, 4.69) is 6.92 Å². The minimum atomic E-state index is -1.19. The standard InChI is InChI=1S/C25H49NO5/c1-5-6-7-11-14-17-22(27)18-15-12-9-8-10-13-16-19-25(30)31-23(20-24(28)29)21-26(2,3)4/h22-23,27H,5-21H2,1-4H3. The molecule has 6 heteroatoms. The maximum absolute atomic E-state index is 12.0. The fourth-order valence-electron chi connectivity index (χ4n) is 3.85. The number of ether oxygens (including phenoxy) is 1. The van der Waals surface area contributed by atoms with E-state index in [0.717, 1.165) is 57.8 Å². The molecule has 0 radical (unpaired) electrons. The number of nitrogens with zero attached hydrogens (tertiary/aromatic N) is 1. The van der Waals surface area contributed by atoms with Gasteiger partial charge in [-0.3, -0.25) is 4.79 Å². The highest BCUT2D eigenvalue weighted by Crippen LogP contribution is 2.15. The molecule has 2 unspecified atom stereocenters. The van der Waals surface area contributed by atoms with E-state index in [9.17, 15) is 19.8 Å². The molecule has 31 heavy (non-hydrogen) atoms. The number of aliphatic hydroxyl groups is 1. The van der Waals surface area contributed by atoms with Crippen molar-refractivity contribution in [2.45, 2.75) is 122 Å². The lowest BCUT2D eigenvalue weighted by Crippen LogP contribution is -2.45. The molecule has 0 saturated heterocycles. The van der Waals surface area contributed by atoms with Gasteiger partial charge in [0.05, 0.1) is 27.2 Å². The Morgan fingerprint density at radius 2 is 1.32 bits per heavy atom. The van der Waals surface area contributed by atoms with Gasteiger partial charge in [-0.15, -0.1) is 0 Å². The van der Waals surface area contributed by atoms with Gasteiger partial charge in [-0.05, 0) is 19.3 Å². The molecule has 0 aliphatic rings. The van der Waals surface area contributed by atoms with Gasteiger partial charge in [-0.25, -0.2) is 0 Å².